The van der Waals surface area contributed by atoms with Gasteiger partial charge >= 0.3 is 12.0 Å². The van der Waals surface area contributed by atoms with Gasteiger partial charge in [-0.05, 0) is 31.1 Å². The first-order valence-electron chi connectivity index (χ1n) is 8.24. The van der Waals surface area contributed by atoms with Crippen molar-refractivity contribution in [2.75, 3.05) is 19.6 Å². The third-order valence-electron chi connectivity index (χ3n) is 5.38. The van der Waals surface area contributed by atoms with E-state index in [1.807, 2.05) is 6.92 Å². The zero-order chi connectivity index (χ0) is 15.5. The molecule has 2 N–H and O–H groups in total. The van der Waals surface area contributed by atoms with Gasteiger partial charge in [-0.2, -0.15) is 0 Å². The fourth-order valence-corrected chi connectivity index (χ4v) is 3.87. The summed E-state index contributed by atoms with van der Waals surface area (Å²) in [6.45, 7) is 5.87. The Morgan fingerprint density at radius 1 is 1.38 bits per heavy atom. The van der Waals surface area contributed by atoms with Gasteiger partial charge in [-0.3, -0.25) is 4.79 Å². The van der Waals surface area contributed by atoms with Crippen LogP contribution in [0.4, 0.5) is 4.79 Å². The van der Waals surface area contributed by atoms with Crippen molar-refractivity contribution in [1.29, 1.82) is 0 Å². The molecule has 0 spiro atoms. The zero-order valence-corrected chi connectivity index (χ0v) is 13.2. The molecule has 21 heavy (non-hydrogen) atoms. The Morgan fingerprint density at radius 3 is 2.71 bits per heavy atom. The normalized spacial score (nSPS) is 32.4. The molecule has 3 atom stereocenters. The lowest BCUT2D eigenvalue weighted by molar-refractivity contribution is -0.148. The van der Waals surface area contributed by atoms with Crippen LogP contribution in [0.3, 0.4) is 0 Å². The average Bonchev–Trinajstić information content (AvgIpc) is 3.04. The van der Waals surface area contributed by atoms with E-state index in [1.54, 1.807) is 4.90 Å². The minimum atomic E-state index is -0.760. The van der Waals surface area contributed by atoms with Crippen molar-refractivity contribution >= 4 is 12.0 Å². The maximum atomic E-state index is 12.2. The summed E-state index contributed by atoms with van der Waals surface area (Å²) in [5.74, 6) is 0.502. The standard InChI is InChI=1S/C16H28N2O3/c1-3-7-16(14(19)20)8-9-18(11-16)15(21)17-10-13-6-4-5-12(13)2/h12-13H,3-11H2,1-2H3,(H,17,21)(H,19,20). The number of aliphatic carboxylic acids is 1. The molecule has 0 aromatic rings. The molecule has 0 aromatic heterocycles. The van der Waals surface area contributed by atoms with Crippen LogP contribution in [-0.2, 0) is 4.79 Å². The zero-order valence-electron chi connectivity index (χ0n) is 13.2. The molecule has 0 aromatic carbocycles. The third kappa shape index (κ3) is 3.50. The summed E-state index contributed by atoms with van der Waals surface area (Å²) in [5.41, 5.74) is -0.729. The summed E-state index contributed by atoms with van der Waals surface area (Å²) >= 11 is 0. The second kappa shape index (κ2) is 6.67. The molecule has 1 aliphatic carbocycles. The van der Waals surface area contributed by atoms with E-state index in [1.165, 1.54) is 19.3 Å². The molecule has 2 aliphatic rings. The summed E-state index contributed by atoms with van der Waals surface area (Å²) in [6, 6.07) is -0.0895. The monoisotopic (exact) mass is 296 g/mol. The van der Waals surface area contributed by atoms with Crippen LogP contribution in [-0.4, -0.2) is 41.6 Å². The smallest absolute Gasteiger partial charge is 0.317 e. The van der Waals surface area contributed by atoms with Gasteiger partial charge in [0, 0.05) is 19.6 Å². The number of nitrogens with one attached hydrogen (secondary N) is 1. The van der Waals surface area contributed by atoms with Gasteiger partial charge in [-0.1, -0.05) is 33.1 Å². The highest BCUT2D eigenvalue weighted by Crippen LogP contribution is 2.35. The predicted molar refractivity (Wildman–Crippen MR) is 81.1 cm³/mol. The number of amides is 2. The van der Waals surface area contributed by atoms with Crippen LogP contribution in [0.5, 0.6) is 0 Å². The lowest BCUT2D eigenvalue weighted by Gasteiger charge is -2.25. The fourth-order valence-electron chi connectivity index (χ4n) is 3.87. The van der Waals surface area contributed by atoms with E-state index in [0.29, 0.717) is 37.8 Å². The van der Waals surface area contributed by atoms with Crippen LogP contribution in [0.15, 0.2) is 0 Å². The van der Waals surface area contributed by atoms with Gasteiger partial charge in [0.05, 0.1) is 5.41 Å². The molecule has 0 bridgehead atoms. The van der Waals surface area contributed by atoms with Crippen molar-refractivity contribution in [2.24, 2.45) is 17.3 Å². The van der Waals surface area contributed by atoms with Gasteiger partial charge in [0.1, 0.15) is 0 Å². The number of likely N-dealkylation sites (tertiary alicyclic amines) is 1. The second-order valence-electron chi connectivity index (χ2n) is 6.86. The van der Waals surface area contributed by atoms with Crippen LogP contribution in [0.1, 0.15) is 52.4 Å². The van der Waals surface area contributed by atoms with E-state index in [2.05, 4.69) is 12.2 Å². The van der Waals surface area contributed by atoms with E-state index < -0.39 is 11.4 Å². The van der Waals surface area contributed by atoms with E-state index in [-0.39, 0.29) is 6.03 Å². The van der Waals surface area contributed by atoms with E-state index in [4.69, 9.17) is 0 Å². The molecule has 5 heteroatoms. The first-order chi connectivity index (χ1) is 9.98. The lowest BCUT2D eigenvalue weighted by atomic mass is 9.83. The Morgan fingerprint density at radius 2 is 2.14 bits per heavy atom. The van der Waals surface area contributed by atoms with Crippen molar-refractivity contribution in [3.63, 3.8) is 0 Å². The minimum Gasteiger partial charge on any atom is -0.481 e. The largest absolute Gasteiger partial charge is 0.481 e. The summed E-state index contributed by atoms with van der Waals surface area (Å²) < 4.78 is 0. The van der Waals surface area contributed by atoms with Gasteiger partial charge in [0.2, 0.25) is 0 Å². The number of urea groups is 1. The number of rotatable bonds is 5. The van der Waals surface area contributed by atoms with Crippen molar-refractivity contribution in [2.45, 2.75) is 52.4 Å². The molecular formula is C16H28N2O3. The summed E-state index contributed by atoms with van der Waals surface area (Å²) in [7, 11) is 0. The maximum absolute atomic E-state index is 12.2. The van der Waals surface area contributed by atoms with Crippen molar-refractivity contribution in [3.8, 4) is 0 Å². The Kier molecular flexibility index (Phi) is 5.12. The lowest BCUT2D eigenvalue weighted by Crippen LogP contribution is -2.43. The SMILES string of the molecule is CCCC1(C(=O)O)CCN(C(=O)NCC2CCCC2C)C1. The highest BCUT2D eigenvalue weighted by Gasteiger charge is 2.45. The number of carbonyl (C=O) groups is 2. The number of nitrogens with zero attached hydrogens (tertiary/aromatic N) is 1. The molecule has 1 saturated heterocycles. The van der Waals surface area contributed by atoms with Crippen LogP contribution in [0.2, 0.25) is 0 Å². The first kappa shape index (κ1) is 16.1. The number of hydrogen-bond donors (Lipinski definition) is 2. The molecule has 120 valence electrons. The van der Waals surface area contributed by atoms with Crippen LogP contribution in [0, 0.1) is 17.3 Å². The van der Waals surface area contributed by atoms with Gasteiger partial charge in [-0.15, -0.1) is 0 Å². The van der Waals surface area contributed by atoms with E-state index >= 15 is 0 Å². The van der Waals surface area contributed by atoms with E-state index in [0.717, 1.165) is 13.0 Å². The van der Waals surface area contributed by atoms with Gasteiger partial charge in [0.15, 0.2) is 0 Å². The number of hydrogen-bond acceptors (Lipinski definition) is 2. The van der Waals surface area contributed by atoms with Crippen LogP contribution >= 0.6 is 0 Å². The first-order valence-corrected chi connectivity index (χ1v) is 8.24. The number of carbonyl (C=O) groups excluding carboxylic acids is 1. The topological polar surface area (TPSA) is 69.6 Å². The second-order valence-corrected chi connectivity index (χ2v) is 6.86. The van der Waals surface area contributed by atoms with Crippen LogP contribution < -0.4 is 5.32 Å². The Bertz CT molecular complexity index is 399. The summed E-state index contributed by atoms with van der Waals surface area (Å²) in [4.78, 5) is 25.5. The maximum Gasteiger partial charge on any atom is 0.317 e. The van der Waals surface area contributed by atoms with Crippen molar-refractivity contribution < 1.29 is 14.7 Å². The predicted octanol–water partition coefficient (Wildman–Crippen LogP) is 2.71. The average molecular weight is 296 g/mol. The highest BCUT2D eigenvalue weighted by molar-refractivity contribution is 5.79. The van der Waals surface area contributed by atoms with Gasteiger partial charge in [0.25, 0.3) is 0 Å². The van der Waals surface area contributed by atoms with E-state index in [9.17, 15) is 14.7 Å². The quantitative estimate of drug-likeness (QED) is 0.819. The molecule has 2 fully saturated rings. The molecule has 1 heterocycles. The Hall–Kier alpha value is -1.26. The molecule has 1 saturated carbocycles. The molecule has 0 radical (unpaired) electrons. The molecule has 5 nitrogen and oxygen atoms in total. The molecule has 1 aliphatic heterocycles. The Balaban J connectivity index is 1.85. The highest BCUT2D eigenvalue weighted by atomic mass is 16.4. The minimum absolute atomic E-state index is 0.0895. The van der Waals surface area contributed by atoms with Crippen molar-refractivity contribution in [1.82, 2.24) is 10.2 Å². The summed E-state index contributed by atoms with van der Waals surface area (Å²) in [6.07, 6.45) is 5.75. The fraction of sp³-hybridized carbons (Fsp3) is 0.875. The number of carboxylic acids is 1. The molecule has 2 rings (SSSR count). The molecular weight excluding hydrogens is 268 g/mol. The Labute approximate surface area is 127 Å². The molecule has 2 amide bonds. The summed E-state index contributed by atoms with van der Waals surface area (Å²) in [5, 5.41) is 12.5. The molecule has 3 unspecified atom stereocenters. The van der Waals surface area contributed by atoms with Gasteiger partial charge in [-0.25, -0.2) is 4.79 Å². The third-order valence-corrected chi connectivity index (χ3v) is 5.38. The number of carboxylic acid groups (broad SMARTS) is 1. The van der Waals surface area contributed by atoms with Crippen LogP contribution in [0.25, 0.3) is 0 Å². The van der Waals surface area contributed by atoms with Crippen molar-refractivity contribution in [3.05, 3.63) is 0 Å². The van der Waals surface area contributed by atoms with Gasteiger partial charge < -0.3 is 15.3 Å².